The number of likely N-dealkylation sites (N-methyl/N-ethyl adjacent to an activating group) is 1. The van der Waals surface area contributed by atoms with Crippen molar-refractivity contribution < 1.29 is 49.1 Å². The van der Waals surface area contributed by atoms with Crippen molar-refractivity contribution in [2.45, 2.75) is 50.1 Å². The summed E-state index contributed by atoms with van der Waals surface area (Å²) in [7, 11) is 3.59. The molecule has 2 aromatic heterocycles. The molecular formula is C33H31F9N8O2. The highest BCUT2D eigenvalue weighted by Crippen LogP contribution is 2.52. The molecule has 0 saturated carbocycles. The topological polar surface area (TPSA) is 131 Å². The first-order valence-electron chi connectivity index (χ1n) is 15.6. The molecule has 4 aromatic rings. The summed E-state index contributed by atoms with van der Waals surface area (Å²) in [5.74, 6) is -13.5. The zero-order valence-corrected chi connectivity index (χ0v) is 27.5. The lowest BCUT2D eigenvalue weighted by Crippen LogP contribution is -2.37. The van der Waals surface area contributed by atoms with Gasteiger partial charge in [0.1, 0.15) is 35.4 Å². The van der Waals surface area contributed by atoms with E-state index in [1.807, 2.05) is 4.90 Å². The van der Waals surface area contributed by atoms with Crippen molar-refractivity contribution in [3.63, 3.8) is 0 Å². The number of benzene rings is 2. The fraction of sp³-hybridized carbons (Fsp3) is 0.364. The van der Waals surface area contributed by atoms with E-state index in [2.05, 4.69) is 25.7 Å². The van der Waals surface area contributed by atoms with Gasteiger partial charge in [0.15, 0.2) is 0 Å². The number of rotatable bonds is 13. The quantitative estimate of drug-likeness (QED) is 0.147. The molecule has 52 heavy (non-hydrogen) atoms. The Labute approximate surface area is 290 Å². The standard InChI is InChI=1S/C33H31F9N8O2/c1-49(2)8-7-44-31-45-14-21(17-3-4-22(36)20(12-17)30(43)52)26(47-31)23(11-16-9-18(34)13-19(35)10-16)46-24(51)15-50-28-25(27(48-50)29(37)38)32(39,40)5-6-33(28,41)42/h3-4,9-10,12-14,23,29H,5-8,11,15H2,1-2H3,(H2,43,52)(H,46,51)(H,44,45,47)/t23-/m0/s1. The van der Waals surface area contributed by atoms with Crippen LogP contribution >= 0.6 is 0 Å². The van der Waals surface area contributed by atoms with Gasteiger partial charge in [-0.15, -0.1) is 0 Å². The number of primary amides is 1. The molecule has 0 spiro atoms. The lowest BCUT2D eigenvalue weighted by molar-refractivity contribution is -0.123. The highest BCUT2D eigenvalue weighted by Gasteiger charge is 2.55. The predicted molar refractivity (Wildman–Crippen MR) is 168 cm³/mol. The Morgan fingerprint density at radius 1 is 0.981 bits per heavy atom. The first-order valence-corrected chi connectivity index (χ1v) is 15.6. The average Bonchev–Trinajstić information content (AvgIpc) is 3.44. The molecule has 0 fully saturated rings. The highest BCUT2D eigenvalue weighted by atomic mass is 19.3. The molecule has 2 aromatic carbocycles. The van der Waals surface area contributed by atoms with Crippen molar-refractivity contribution in [1.29, 1.82) is 0 Å². The molecule has 0 aliphatic heterocycles. The van der Waals surface area contributed by atoms with Gasteiger partial charge in [0, 0.05) is 43.8 Å². The molecule has 0 radical (unpaired) electrons. The van der Waals surface area contributed by atoms with Gasteiger partial charge >= 0.3 is 0 Å². The molecule has 1 atom stereocenters. The summed E-state index contributed by atoms with van der Waals surface area (Å²) in [4.78, 5) is 36.1. The molecule has 278 valence electrons. The van der Waals surface area contributed by atoms with Gasteiger partial charge in [0.05, 0.1) is 22.9 Å². The van der Waals surface area contributed by atoms with E-state index >= 15 is 8.78 Å². The van der Waals surface area contributed by atoms with Crippen LogP contribution in [0.25, 0.3) is 11.1 Å². The molecule has 2 heterocycles. The zero-order chi connectivity index (χ0) is 38.1. The maximum Gasteiger partial charge on any atom is 0.290 e. The lowest BCUT2D eigenvalue weighted by Gasteiger charge is -2.29. The van der Waals surface area contributed by atoms with Crippen molar-refractivity contribution in [1.82, 2.24) is 30.0 Å². The number of nitrogens with one attached hydrogen (secondary N) is 2. The number of aromatic nitrogens is 4. The Balaban J connectivity index is 1.62. The number of anilines is 1. The van der Waals surface area contributed by atoms with Crippen LogP contribution in [0.2, 0.25) is 0 Å². The van der Waals surface area contributed by atoms with Crippen LogP contribution in [0.1, 0.15) is 63.9 Å². The molecule has 2 amide bonds. The number of halogens is 9. The van der Waals surface area contributed by atoms with Crippen LogP contribution in [0.15, 0.2) is 42.6 Å². The molecule has 0 bridgehead atoms. The number of amides is 2. The van der Waals surface area contributed by atoms with Crippen molar-refractivity contribution >= 4 is 17.8 Å². The largest absolute Gasteiger partial charge is 0.366 e. The number of carbonyl (C=O) groups excluding carboxylic acids is 2. The summed E-state index contributed by atoms with van der Waals surface area (Å²) in [5, 5.41) is 8.72. The zero-order valence-electron chi connectivity index (χ0n) is 27.5. The number of nitrogens with zero attached hydrogens (tertiary/aromatic N) is 5. The first kappa shape index (κ1) is 38.0. The molecule has 10 nitrogen and oxygen atoms in total. The Morgan fingerprint density at radius 2 is 1.65 bits per heavy atom. The number of fused-ring (bicyclic) bond motifs is 1. The van der Waals surface area contributed by atoms with E-state index < -0.39 is 102 Å². The molecule has 0 saturated heterocycles. The highest BCUT2D eigenvalue weighted by molar-refractivity contribution is 5.94. The summed E-state index contributed by atoms with van der Waals surface area (Å²) in [6, 6.07) is 4.24. The van der Waals surface area contributed by atoms with Gasteiger partial charge in [-0.1, -0.05) is 6.07 Å². The predicted octanol–water partition coefficient (Wildman–Crippen LogP) is 5.85. The molecular weight excluding hydrogens is 711 g/mol. The van der Waals surface area contributed by atoms with Crippen molar-refractivity contribution in [3.05, 3.63) is 93.8 Å². The van der Waals surface area contributed by atoms with Crippen LogP contribution in [0.5, 0.6) is 0 Å². The molecule has 1 aliphatic carbocycles. The fourth-order valence-electron chi connectivity index (χ4n) is 5.83. The maximum atomic E-state index is 15.0. The molecule has 4 N–H and O–H groups in total. The summed E-state index contributed by atoms with van der Waals surface area (Å²) in [6.07, 6.45) is -5.73. The van der Waals surface area contributed by atoms with Gasteiger partial charge in [-0.05, 0) is 55.9 Å². The minimum atomic E-state index is -4.09. The molecule has 19 heteroatoms. The molecule has 5 rings (SSSR count). The third kappa shape index (κ3) is 8.29. The minimum Gasteiger partial charge on any atom is -0.366 e. The number of alkyl halides is 6. The van der Waals surface area contributed by atoms with Crippen LogP contribution in [0.4, 0.5) is 45.5 Å². The summed E-state index contributed by atoms with van der Waals surface area (Å²) >= 11 is 0. The molecule has 0 unspecified atom stereocenters. The fourth-order valence-corrected chi connectivity index (χ4v) is 5.83. The number of nitrogens with two attached hydrogens (primary N) is 1. The Kier molecular flexibility index (Phi) is 10.8. The first-order chi connectivity index (χ1) is 24.4. The summed E-state index contributed by atoms with van der Waals surface area (Å²) < 4.78 is 130. The normalized spacial score (nSPS) is 15.4. The van der Waals surface area contributed by atoms with Gasteiger partial charge in [0.25, 0.3) is 24.2 Å². The van der Waals surface area contributed by atoms with E-state index in [9.17, 15) is 40.3 Å². The summed E-state index contributed by atoms with van der Waals surface area (Å²) in [5.41, 5.74) is -0.0121. The number of hydrogen-bond acceptors (Lipinski definition) is 7. The van der Waals surface area contributed by atoms with Gasteiger partial charge in [-0.3, -0.25) is 14.3 Å². The van der Waals surface area contributed by atoms with E-state index in [4.69, 9.17) is 5.73 Å². The maximum absolute atomic E-state index is 15.0. The molecule has 1 aliphatic rings. The Morgan fingerprint density at radius 3 is 2.29 bits per heavy atom. The van der Waals surface area contributed by atoms with E-state index in [-0.39, 0.29) is 33.0 Å². The van der Waals surface area contributed by atoms with E-state index in [0.29, 0.717) is 19.2 Å². The summed E-state index contributed by atoms with van der Waals surface area (Å²) in [6.45, 7) is -0.455. The van der Waals surface area contributed by atoms with Crippen LogP contribution in [-0.2, 0) is 29.6 Å². The minimum absolute atomic E-state index is 0.0212. The van der Waals surface area contributed by atoms with E-state index in [1.54, 1.807) is 14.1 Å². The third-order valence-corrected chi connectivity index (χ3v) is 8.18. The second-order valence-corrected chi connectivity index (χ2v) is 12.4. The number of hydrogen-bond donors (Lipinski definition) is 3. The second kappa shape index (κ2) is 14.8. The van der Waals surface area contributed by atoms with Crippen molar-refractivity contribution in [3.8, 4) is 11.1 Å². The van der Waals surface area contributed by atoms with Crippen LogP contribution in [0, 0.1) is 17.5 Å². The van der Waals surface area contributed by atoms with E-state index in [0.717, 1.165) is 24.3 Å². The Hall–Kier alpha value is -5.20. The van der Waals surface area contributed by atoms with Gasteiger partial charge in [-0.25, -0.2) is 40.7 Å². The van der Waals surface area contributed by atoms with Crippen molar-refractivity contribution in [2.75, 3.05) is 32.5 Å². The number of carbonyl (C=O) groups is 2. The SMILES string of the molecule is CN(C)CCNc1ncc(-c2ccc(F)c(C(N)=O)c2)c([C@H](Cc2cc(F)cc(F)c2)NC(=O)Cn2nc(C(F)F)c3c2C(F)(F)CCC3(F)F)n1. The second-order valence-electron chi connectivity index (χ2n) is 12.4. The Bertz CT molecular complexity index is 1970. The van der Waals surface area contributed by atoms with Gasteiger partial charge in [0.2, 0.25) is 11.9 Å². The van der Waals surface area contributed by atoms with Crippen LogP contribution < -0.4 is 16.4 Å². The lowest BCUT2D eigenvalue weighted by atomic mass is 9.89. The third-order valence-electron chi connectivity index (χ3n) is 8.18. The monoisotopic (exact) mass is 742 g/mol. The smallest absolute Gasteiger partial charge is 0.290 e. The van der Waals surface area contributed by atoms with Gasteiger partial charge in [-0.2, -0.15) is 13.9 Å². The van der Waals surface area contributed by atoms with Gasteiger partial charge < -0.3 is 21.3 Å². The van der Waals surface area contributed by atoms with Crippen molar-refractivity contribution in [2.24, 2.45) is 5.73 Å². The average molecular weight is 743 g/mol. The van der Waals surface area contributed by atoms with Crippen LogP contribution in [-0.4, -0.2) is 63.6 Å². The van der Waals surface area contributed by atoms with Crippen LogP contribution in [0.3, 0.4) is 0 Å². The van der Waals surface area contributed by atoms with E-state index in [1.165, 1.54) is 12.3 Å².